The molecule has 4 aromatic rings. The second kappa shape index (κ2) is 8.71. The van der Waals surface area contributed by atoms with Crippen LogP contribution in [0.2, 0.25) is 0 Å². The van der Waals surface area contributed by atoms with Crippen LogP contribution in [0.5, 0.6) is 0 Å². The van der Waals surface area contributed by atoms with Gasteiger partial charge in [-0.05, 0) is 43.5 Å². The summed E-state index contributed by atoms with van der Waals surface area (Å²) in [6, 6.07) is 21.9. The van der Waals surface area contributed by atoms with Crippen molar-refractivity contribution in [3.63, 3.8) is 0 Å². The maximum absolute atomic E-state index is 12.7. The van der Waals surface area contributed by atoms with Crippen LogP contribution in [-0.2, 0) is 4.74 Å². The molecular formula is C24H22N4O3. The summed E-state index contributed by atoms with van der Waals surface area (Å²) in [5, 5.41) is 12.2. The van der Waals surface area contributed by atoms with Crippen LogP contribution in [0.4, 0.5) is 16.3 Å². The van der Waals surface area contributed by atoms with Gasteiger partial charge in [0.05, 0.1) is 29.2 Å². The summed E-state index contributed by atoms with van der Waals surface area (Å²) >= 11 is 0. The average molecular weight is 414 g/mol. The molecule has 0 aliphatic heterocycles. The maximum Gasteiger partial charge on any atom is 0.338 e. The molecule has 0 saturated heterocycles. The summed E-state index contributed by atoms with van der Waals surface area (Å²) in [5.41, 5.74) is 2.49. The Balaban J connectivity index is 1.58. The number of hydrogen-bond acceptors (Lipinski definition) is 4. The van der Waals surface area contributed by atoms with Gasteiger partial charge in [0.2, 0.25) is 0 Å². The Morgan fingerprint density at radius 2 is 1.74 bits per heavy atom. The van der Waals surface area contributed by atoms with Crippen LogP contribution in [0, 0.1) is 6.92 Å². The number of nitrogens with one attached hydrogen (secondary N) is 2. The first kappa shape index (κ1) is 20.2. The molecule has 7 nitrogen and oxygen atoms in total. The van der Waals surface area contributed by atoms with Crippen LogP contribution in [0.3, 0.4) is 0 Å². The van der Waals surface area contributed by atoms with Crippen molar-refractivity contribution in [3.8, 4) is 5.69 Å². The van der Waals surface area contributed by atoms with E-state index >= 15 is 0 Å². The van der Waals surface area contributed by atoms with Gasteiger partial charge in [0.25, 0.3) is 0 Å². The molecule has 0 saturated carbocycles. The summed E-state index contributed by atoms with van der Waals surface area (Å²) in [6.45, 7) is 3.89. The third kappa shape index (κ3) is 4.40. The topological polar surface area (TPSA) is 85.2 Å². The summed E-state index contributed by atoms with van der Waals surface area (Å²) < 4.78 is 6.66. The molecule has 3 aromatic carbocycles. The van der Waals surface area contributed by atoms with Crippen molar-refractivity contribution in [3.05, 3.63) is 84.1 Å². The number of hydrogen-bond donors (Lipinski definition) is 2. The molecule has 0 radical (unpaired) electrons. The van der Waals surface area contributed by atoms with Gasteiger partial charge in [-0.3, -0.25) is 5.32 Å². The number of amides is 2. The third-order valence-corrected chi connectivity index (χ3v) is 4.71. The molecule has 0 fully saturated rings. The van der Waals surface area contributed by atoms with Gasteiger partial charge in [-0.15, -0.1) is 0 Å². The standard InChI is InChI=1S/C24H22N4O3/c1-3-31-23(29)18-10-6-11-19(15-18)28-22(14-16(2)27-28)26-24(30)25-21-13-7-9-17-8-4-5-12-20(17)21/h4-15H,3H2,1-2H3,(H2,25,26,30). The van der Waals surface area contributed by atoms with E-state index in [1.165, 1.54) is 0 Å². The fourth-order valence-corrected chi connectivity index (χ4v) is 3.37. The summed E-state index contributed by atoms with van der Waals surface area (Å²) in [5.74, 6) is 0.0766. The van der Waals surface area contributed by atoms with Crippen LogP contribution < -0.4 is 10.6 Å². The number of aromatic nitrogens is 2. The molecule has 31 heavy (non-hydrogen) atoms. The van der Waals surface area contributed by atoms with Crippen molar-refractivity contribution in [2.75, 3.05) is 17.2 Å². The van der Waals surface area contributed by atoms with E-state index in [-0.39, 0.29) is 6.03 Å². The lowest BCUT2D eigenvalue weighted by Crippen LogP contribution is -2.21. The van der Waals surface area contributed by atoms with Gasteiger partial charge >= 0.3 is 12.0 Å². The zero-order valence-corrected chi connectivity index (χ0v) is 17.3. The molecule has 156 valence electrons. The highest BCUT2D eigenvalue weighted by atomic mass is 16.5. The van der Waals surface area contributed by atoms with Crippen LogP contribution >= 0.6 is 0 Å². The monoisotopic (exact) mass is 414 g/mol. The second-order valence-corrected chi connectivity index (χ2v) is 6.96. The SMILES string of the molecule is CCOC(=O)c1cccc(-n2nc(C)cc2NC(=O)Nc2cccc3ccccc23)c1. The lowest BCUT2D eigenvalue weighted by atomic mass is 10.1. The zero-order chi connectivity index (χ0) is 21.8. The Kier molecular flexibility index (Phi) is 5.66. The first-order valence-corrected chi connectivity index (χ1v) is 9.95. The summed E-state index contributed by atoms with van der Waals surface area (Å²) in [7, 11) is 0. The smallest absolute Gasteiger partial charge is 0.338 e. The number of nitrogens with zero attached hydrogens (tertiary/aromatic N) is 2. The number of ether oxygens (including phenoxy) is 1. The predicted octanol–water partition coefficient (Wildman–Crippen LogP) is 5.15. The Hall–Kier alpha value is -4.13. The normalized spacial score (nSPS) is 10.6. The zero-order valence-electron chi connectivity index (χ0n) is 17.3. The van der Waals surface area contributed by atoms with Crippen molar-refractivity contribution >= 4 is 34.3 Å². The van der Waals surface area contributed by atoms with Crippen molar-refractivity contribution in [1.29, 1.82) is 0 Å². The molecule has 0 bridgehead atoms. The van der Waals surface area contributed by atoms with Gasteiger partial charge in [0.1, 0.15) is 5.82 Å². The largest absolute Gasteiger partial charge is 0.462 e. The molecule has 0 atom stereocenters. The minimum atomic E-state index is -0.406. The molecule has 0 aliphatic carbocycles. The summed E-state index contributed by atoms with van der Waals surface area (Å²) in [4.78, 5) is 24.8. The van der Waals surface area contributed by atoms with Crippen LogP contribution in [-0.4, -0.2) is 28.4 Å². The number of rotatable bonds is 5. The van der Waals surface area contributed by atoms with Crippen molar-refractivity contribution in [2.24, 2.45) is 0 Å². The number of benzene rings is 3. The predicted molar refractivity (Wildman–Crippen MR) is 121 cm³/mol. The Morgan fingerprint density at radius 1 is 0.968 bits per heavy atom. The highest BCUT2D eigenvalue weighted by Crippen LogP contribution is 2.24. The lowest BCUT2D eigenvalue weighted by molar-refractivity contribution is 0.0526. The molecule has 7 heteroatoms. The lowest BCUT2D eigenvalue weighted by Gasteiger charge is -2.12. The molecule has 0 spiro atoms. The highest BCUT2D eigenvalue weighted by molar-refractivity contribution is 6.06. The first-order chi connectivity index (χ1) is 15.0. The van der Waals surface area contributed by atoms with E-state index in [0.29, 0.717) is 29.4 Å². The quantitative estimate of drug-likeness (QED) is 0.442. The molecule has 0 unspecified atom stereocenters. The van der Waals surface area contributed by atoms with Gasteiger partial charge in [-0.2, -0.15) is 5.10 Å². The number of aryl methyl sites for hydroxylation is 1. The molecule has 2 N–H and O–H groups in total. The second-order valence-electron chi connectivity index (χ2n) is 6.96. The van der Waals surface area contributed by atoms with Gasteiger partial charge in [-0.25, -0.2) is 14.3 Å². The Labute approximate surface area is 179 Å². The number of carbonyl (C=O) groups is 2. The van der Waals surface area contributed by atoms with E-state index in [2.05, 4.69) is 15.7 Å². The third-order valence-electron chi connectivity index (χ3n) is 4.71. The summed E-state index contributed by atoms with van der Waals surface area (Å²) in [6.07, 6.45) is 0. The first-order valence-electron chi connectivity index (χ1n) is 9.95. The highest BCUT2D eigenvalue weighted by Gasteiger charge is 2.14. The van der Waals surface area contributed by atoms with E-state index < -0.39 is 5.97 Å². The van der Waals surface area contributed by atoms with Crippen molar-refractivity contribution in [2.45, 2.75) is 13.8 Å². The molecule has 1 aromatic heterocycles. The van der Waals surface area contributed by atoms with E-state index in [1.54, 1.807) is 35.9 Å². The van der Waals surface area contributed by atoms with E-state index in [0.717, 1.165) is 16.5 Å². The van der Waals surface area contributed by atoms with Crippen LogP contribution in [0.15, 0.2) is 72.8 Å². The Bertz CT molecular complexity index is 1260. The van der Waals surface area contributed by atoms with Gasteiger partial charge in [0, 0.05) is 11.5 Å². The number of urea groups is 1. The minimum absolute atomic E-state index is 0.297. The molecular weight excluding hydrogens is 392 g/mol. The van der Waals surface area contributed by atoms with Gasteiger partial charge in [-0.1, -0.05) is 42.5 Å². The fourth-order valence-electron chi connectivity index (χ4n) is 3.37. The van der Waals surface area contributed by atoms with E-state index in [9.17, 15) is 9.59 Å². The molecule has 1 heterocycles. The number of anilines is 2. The number of fused-ring (bicyclic) bond motifs is 1. The van der Waals surface area contributed by atoms with Crippen molar-refractivity contribution in [1.82, 2.24) is 9.78 Å². The van der Waals surface area contributed by atoms with Crippen LogP contribution in [0.1, 0.15) is 23.0 Å². The number of carbonyl (C=O) groups excluding carboxylic acids is 2. The molecule has 4 rings (SSSR count). The minimum Gasteiger partial charge on any atom is -0.462 e. The molecule has 0 aliphatic rings. The van der Waals surface area contributed by atoms with Gasteiger partial charge < -0.3 is 10.1 Å². The fraction of sp³-hybridized carbons (Fsp3) is 0.125. The van der Waals surface area contributed by atoms with Gasteiger partial charge in [0.15, 0.2) is 0 Å². The van der Waals surface area contributed by atoms with E-state index in [1.807, 2.05) is 55.5 Å². The molecule has 2 amide bonds. The maximum atomic E-state index is 12.7. The van der Waals surface area contributed by atoms with E-state index in [4.69, 9.17) is 4.74 Å². The van der Waals surface area contributed by atoms with Crippen molar-refractivity contribution < 1.29 is 14.3 Å². The van der Waals surface area contributed by atoms with Crippen LogP contribution in [0.25, 0.3) is 16.5 Å². The number of esters is 1. The average Bonchev–Trinajstić information content (AvgIpc) is 3.14. The Morgan fingerprint density at radius 3 is 2.58 bits per heavy atom.